The summed E-state index contributed by atoms with van der Waals surface area (Å²) >= 11 is 3.41. The lowest BCUT2D eigenvalue weighted by atomic mass is 10.1. The molecule has 0 amide bonds. The molecule has 4 nitrogen and oxygen atoms in total. The number of anilines is 2. The minimum absolute atomic E-state index is 0.603. The zero-order chi connectivity index (χ0) is 15.5. The zero-order valence-corrected chi connectivity index (χ0v) is 14.3. The monoisotopic (exact) mass is 368 g/mol. The Hall–Kier alpha value is -1.53. The van der Waals surface area contributed by atoms with E-state index in [0.29, 0.717) is 12.2 Å². The Kier molecular flexibility index (Phi) is 4.90. The van der Waals surface area contributed by atoms with E-state index in [4.69, 9.17) is 0 Å². The fraction of sp³-hybridized carbons (Fsp3) is 0.200. The average molecular weight is 369 g/mol. The molecule has 2 N–H and O–H groups in total. The van der Waals surface area contributed by atoms with Crippen molar-refractivity contribution in [2.24, 2.45) is 0 Å². The Morgan fingerprint density at radius 2 is 1.76 bits per heavy atom. The van der Waals surface area contributed by atoms with Crippen molar-refractivity contribution >= 4 is 37.3 Å². The Bertz CT molecular complexity index is 728. The Morgan fingerprint density at radius 3 is 2.33 bits per heavy atom. The first-order valence-corrected chi connectivity index (χ1v) is 9.09. The number of sulfonamides is 1. The number of rotatable bonds is 5. The van der Waals surface area contributed by atoms with Gasteiger partial charge in [0, 0.05) is 16.7 Å². The molecule has 112 valence electrons. The summed E-state index contributed by atoms with van der Waals surface area (Å²) in [7, 11) is -3.25. The van der Waals surface area contributed by atoms with Crippen LogP contribution >= 0.6 is 15.9 Å². The van der Waals surface area contributed by atoms with Crippen molar-refractivity contribution in [3.05, 3.63) is 58.1 Å². The van der Waals surface area contributed by atoms with E-state index in [2.05, 4.69) is 26.0 Å². The molecule has 0 aliphatic heterocycles. The molecule has 2 rings (SSSR count). The molecule has 0 aromatic heterocycles. The maximum absolute atomic E-state index is 11.2. The van der Waals surface area contributed by atoms with Crippen molar-refractivity contribution in [3.8, 4) is 0 Å². The van der Waals surface area contributed by atoms with E-state index >= 15 is 0 Å². The summed E-state index contributed by atoms with van der Waals surface area (Å²) in [5.74, 6) is 0. The average Bonchev–Trinajstić information content (AvgIpc) is 2.40. The zero-order valence-electron chi connectivity index (χ0n) is 11.9. The number of nitrogens with one attached hydrogen (secondary N) is 2. The molecule has 0 spiro atoms. The van der Waals surface area contributed by atoms with E-state index in [0.717, 1.165) is 22.0 Å². The molecule has 6 heteroatoms. The van der Waals surface area contributed by atoms with E-state index in [1.165, 1.54) is 5.56 Å². The van der Waals surface area contributed by atoms with Crippen molar-refractivity contribution < 1.29 is 8.42 Å². The van der Waals surface area contributed by atoms with Crippen LogP contribution in [0.2, 0.25) is 0 Å². The van der Waals surface area contributed by atoms with Crippen LogP contribution in [0.5, 0.6) is 0 Å². The van der Waals surface area contributed by atoms with Gasteiger partial charge in [0.05, 0.1) is 11.9 Å². The fourth-order valence-electron chi connectivity index (χ4n) is 1.89. The van der Waals surface area contributed by atoms with E-state index in [9.17, 15) is 8.42 Å². The van der Waals surface area contributed by atoms with Gasteiger partial charge in [0.1, 0.15) is 0 Å². The van der Waals surface area contributed by atoms with Crippen LogP contribution in [0.4, 0.5) is 11.4 Å². The molecule has 0 heterocycles. The number of halogens is 1. The SMILES string of the molecule is Cc1cc(NCc2ccc(Br)cc2)ccc1NS(C)(=O)=O. The highest BCUT2D eigenvalue weighted by molar-refractivity contribution is 9.10. The van der Waals surface area contributed by atoms with Gasteiger partial charge in [-0.25, -0.2) is 8.42 Å². The maximum Gasteiger partial charge on any atom is 0.229 e. The summed E-state index contributed by atoms with van der Waals surface area (Å²) in [4.78, 5) is 0. The first-order chi connectivity index (χ1) is 9.83. The van der Waals surface area contributed by atoms with Crippen LogP contribution in [0.15, 0.2) is 46.9 Å². The second kappa shape index (κ2) is 6.49. The van der Waals surface area contributed by atoms with Gasteiger partial charge in [0.25, 0.3) is 0 Å². The molecule has 0 unspecified atom stereocenters. The van der Waals surface area contributed by atoms with Gasteiger partial charge in [-0.05, 0) is 48.4 Å². The third-order valence-corrected chi connectivity index (χ3v) is 4.05. The Labute approximate surface area is 133 Å². The summed E-state index contributed by atoms with van der Waals surface area (Å²) in [5, 5.41) is 3.32. The quantitative estimate of drug-likeness (QED) is 0.844. The second-order valence-electron chi connectivity index (χ2n) is 4.88. The highest BCUT2D eigenvalue weighted by Gasteiger charge is 2.05. The molecule has 0 radical (unpaired) electrons. The Morgan fingerprint density at radius 1 is 1.10 bits per heavy atom. The smallest absolute Gasteiger partial charge is 0.229 e. The van der Waals surface area contributed by atoms with Crippen molar-refractivity contribution in [2.75, 3.05) is 16.3 Å². The molecule has 21 heavy (non-hydrogen) atoms. The summed E-state index contributed by atoms with van der Waals surface area (Å²) < 4.78 is 26.0. The molecule has 0 aliphatic rings. The van der Waals surface area contributed by atoms with Crippen LogP contribution in [0.1, 0.15) is 11.1 Å². The number of hydrogen-bond donors (Lipinski definition) is 2. The van der Waals surface area contributed by atoms with E-state index < -0.39 is 10.0 Å². The Balaban J connectivity index is 2.05. The van der Waals surface area contributed by atoms with Gasteiger partial charge in [-0.1, -0.05) is 28.1 Å². The first-order valence-electron chi connectivity index (χ1n) is 6.40. The predicted octanol–water partition coefficient (Wildman–Crippen LogP) is 3.74. The number of aryl methyl sites for hydroxylation is 1. The predicted molar refractivity (Wildman–Crippen MR) is 91.1 cm³/mol. The van der Waals surface area contributed by atoms with Gasteiger partial charge >= 0.3 is 0 Å². The molecule has 0 saturated heterocycles. The number of benzene rings is 2. The van der Waals surface area contributed by atoms with Gasteiger partial charge in [-0.2, -0.15) is 0 Å². The van der Waals surface area contributed by atoms with Crippen LogP contribution in [0, 0.1) is 6.92 Å². The molecule has 2 aromatic carbocycles. The van der Waals surface area contributed by atoms with Gasteiger partial charge in [0.15, 0.2) is 0 Å². The summed E-state index contributed by atoms with van der Waals surface area (Å²) in [5.41, 5.74) is 3.61. The van der Waals surface area contributed by atoms with Crippen LogP contribution in [-0.2, 0) is 16.6 Å². The van der Waals surface area contributed by atoms with Crippen molar-refractivity contribution in [1.82, 2.24) is 0 Å². The van der Waals surface area contributed by atoms with Gasteiger partial charge < -0.3 is 5.32 Å². The molecular formula is C15H17BrN2O2S. The van der Waals surface area contributed by atoms with Gasteiger partial charge in [-0.15, -0.1) is 0 Å². The maximum atomic E-state index is 11.2. The third-order valence-electron chi connectivity index (χ3n) is 2.93. The summed E-state index contributed by atoms with van der Waals surface area (Å²) in [6.45, 7) is 2.59. The minimum Gasteiger partial charge on any atom is -0.381 e. The van der Waals surface area contributed by atoms with Gasteiger partial charge in [0.2, 0.25) is 10.0 Å². The summed E-state index contributed by atoms with van der Waals surface area (Å²) in [6.07, 6.45) is 1.14. The van der Waals surface area contributed by atoms with E-state index in [1.807, 2.05) is 43.3 Å². The molecule has 0 fully saturated rings. The second-order valence-corrected chi connectivity index (χ2v) is 7.55. The largest absolute Gasteiger partial charge is 0.381 e. The lowest BCUT2D eigenvalue weighted by Crippen LogP contribution is -2.10. The van der Waals surface area contributed by atoms with Crippen molar-refractivity contribution in [3.63, 3.8) is 0 Å². The highest BCUT2D eigenvalue weighted by Crippen LogP contribution is 2.21. The standard InChI is InChI=1S/C15H17BrN2O2S/c1-11-9-14(7-8-15(11)18-21(2,19)20)17-10-12-3-5-13(16)6-4-12/h3-9,17-18H,10H2,1-2H3. The van der Waals surface area contributed by atoms with Crippen molar-refractivity contribution in [1.29, 1.82) is 0 Å². The first kappa shape index (κ1) is 15.9. The topological polar surface area (TPSA) is 58.2 Å². The lowest BCUT2D eigenvalue weighted by molar-refractivity contribution is 0.607. The van der Waals surface area contributed by atoms with E-state index in [-0.39, 0.29) is 0 Å². The highest BCUT2D eigenvalue weighted by atomic mass is 79.9. The van der Waals surface area contributed by atoms with Gasteiger partial charge in [-0.3, -0.25) is 4.72 Å². The molecule has 0 bridgehead atoms. The molecule has 0 atom stereocenters. The van der Waals surface area contributed by atoms with Crippen LogP contribution < -0.4 is 10.0 Å². The van der Waals surface area contributed by atoms with Crippen LogP contribution in [0.3, 0.4) is 0 Å². The third kappa shape index (κ3) is 5.06. The normalized spacial score (nSPS) is 11.2. The molecule has 0 saturated carbocycles. The molecule has 2 aromatic rings. The lowest BCUT2D eigenvalue weighted by Gasteiger charge is -2.11. The van der Waals surface area contributed by atoms with Crippen LogP contribution in [0.25, 0.3) is 0 Å². The minimum atomic E-state index is -3.25. The van der Waals surface area contributed by atoms with Crippen molar-refractivity contribution in [2.45, 2.75) is 13.5 Å². The number of hydrogen-bond acceptors (Lipinski definition) is 3. The molecule has 0 aliphatic carbocycles. The summed E-state index contributed by atoms with van der Waals surface area (Å²) in [6, 6.07) is 13.6. The van der Waals surface area contributed by atoms with Crippen LogP contribution in [-0.4, -0.2) is 14.7 Å². The van der Waals surface area contributed by atoms with E-state index in [1.54, 1.807) is 6.07 Å². The fourth-order valence-corrected chi connectivity index (χ4v) is 2.79. The molecular weight excluding hydrogens is 352 g/mol.